The van der Waals surface area contributed by atoms with E-state index >= 15 is 0 Å². The van der Waals surface area contributed by atoms with Gasteiger partial charge in [-0.3, -0.25) is 0 Å². The molecule has 20 heavy (non-hydrogen) atoms. The summed E-state index contributed by atoms with van der Waals surface area (Å²) in [6.07, 6.45) is -2.85. The largest absolute Gasteiger partial charge is 0.416 e. The minimum Gasteiger partial charge on any atom is -0.416 e. The smallest absolute Gasteiger partial charge is 0.353 e. The summed E-state index contributed by atoms with van der Waals surface area (Å²) >= 11 is -0.750. The van der Waals surface area contributed by atoms with Gasteiger partial charge in [0.05, 0.1) is 0 Å². The van der Waals surface area contributed by atoms with Gasteiger partial charge in [-0.25, -0.2) is 4.39 Å². The van der Waals surface area contributed by atoms with Crippen LogP contribution in [0.1, 0.15) is 0 Å². The normalized spacial score (nSPS) is 28.8. The van der Waals surface area contributed by atoms with E-state index in [4.69, 9.17) is 8.42 Å². The highest BCUT2D eigenvalue weighted by Gasteiger charge is 2.68. The fraction of sp³-hybridized carbons (Fsp3) is 0.667. The Balaban J connectivity index is 0.00000110. The maximum atomic E-state index is 13.5. The van der Waals surface area contributed by atoms with E-state index in [2.05, 4.69) is 9.47 Å². The third-order valence-electron chi connectivity index (χ3n) is 1.75. The van der Waals surface area contributed by atoms with E-state index in [1.54, 1.807) is 0 Å². The summed E-state index contributed by atoms with van der Waals surface area (Å²) in [5, 5.41) is 0. The fourth-order valence-electron chi connectivity index (χ4n) is 1.03. The van der Waals surface area contributed by atoms with Crippen molar-refractivity contribution in [1.29, 1.82) is 0 Å². The van der Waals surface area contributed by atoms with E-state index in [1.807, 2.05) is 0 Å². The molecule has 14 heteroatoms. The third-order valence-corrected chi connectivity index (χ3v) is 2.47. The lowest BCUT2D eigenvalue weighted by molar-refractivity contribution is -0.208. The Morgan fingerprint density at radius 1 is 1.15 bits per heavy atom. The van der Waals surface area contributed by atoms with Crippen molar-refractivity contribution >= 4 is 21.8 Å². The number of rotatable bonds is 3. The Morgan fingerprint density at radius 2 is 1.55 bits per heavy atom. The first-order valence-corrected chi connectivity index (χ1v) is 6.38. The molecular formula is C6H4F6O6S2. The summed E-state index contributed by atoms with van der Waals surface area (Å²) in [7, 11) is -5.65. The van der Waals surface area contributed by atoms with Gasteiger partial charge in [-0.2, -0.15) is 34.4 Å². The van der Waals surface area contributed by atoms with E-state index in [-0.39, 0.29) is 0 Å². The highest BCUT2D eigenvalue weighted by atomic mass is 32.3. The number of hydrogen-bond acceptors (Lipinski definition) is 6. The standard InChI is InChI=1S/C6H4F6O4S.O2S/c7-1-5(10)6(11,2-17(12,13)14)16-4(15-5)3(8)9;1-3-2/h1-2H2;. The summed E-state index contributed by atoms with van der Waals surface area (Å²) < 4.78 is 119. The molecule has 0 aromatic rings. The van der Waals surface area contributed by atoms with E-state index in [0.717, 1.165) is 0 Å². The third kappa shape index (κ3) is 4.36. The molecule has 0 saturated carbocycles. The van der Waals surface area contributed by atoms with Gasteiger partial charge in [0.25, 0.3) is 0 Å². The Kier molecular flexibility index (Phi) is 6.01. The van der Waals surface area contributed by atoms with Crippen molar-refractivity contribution in [2.75, 3.05) is 12.4 Å². The predicted octanol–water partition coefficient (Wildman–Crippen LogP) is 1.03. The Labute approximate surface area is 111 Å². The van der Waals surface area contributed by atoms with Crippen molar-refractivity contribution in [2.24, 2.45) is 0 Å². The molecule has 0 N–H and O–H groups in total. The SMILES string of the molecule is O=S(=O)(F)CC1(F)OC(=C(F)F)OC1(F)CF.O=S=O. The van der Waals surface area contributed by atoms with Crippen LogP contribution in [0.15, 0.2) is 12.0 Å². The van der Waals surface area contributed by atoms with E-state index in [0.29, 0.717) is 0 Å². The van der Waals surface area contributed by atoms with Crippen LogP contribution in [0.5, 0.6) is 0 Å². The van der Waals surface area contributed by atoms with E-state index < -0.39 is 58.0 Å². The van der Waals surface area contributed by atoms with Crippen LogP contribution in [0.2, 0.25) is 0 Å². The van der Waals surface area contributed by atoms with Gasteiger partial charge >= 0.3 is 45.5 Å². The number of alkyl halides is 3. The zero-order chi connectivity index (χ0) is 16.2. The molecule has 0 radical (unpaired) electrons. The van der Waals surface area contributed by atoms with Crippen LogP contribution in [0.3, 0.4) is 0 Å². The molecule has 2 atom stereocenters. The molecule has 1 saturated heterocycles. The molecule has 0 bridgehead atoms. The van der Waals surface area contributed by atoms with Gasteiger partial charge in [-0.05, 0) is 0 Å². The van der Waals surface area contributed by atoms with Gasteiger partial charge in [-0.15, -0.1) is 3.89 Å². The Morgan fingerprint density at radius 3 is 1.85 bits per heavy atom. The van der Waals surface area contributed by atoms with Crippen molar-refractivity contribution in [2.45, 2.75) is 11.7 Å². The van der Waals surface area contributed by atoms with Crippen molar-refractivity contribution in [1.82, 2.24) is 0 Å². The highest BCUT2D eigenvalue weighted by molar-refractivity contribution is 7.86. The predicted molar refractivity (Wildman–Crippen MR) is 48.9 cm³/mol. The maximum Gasteiger partial charge on any atom is 0.353 e. The summed E-state index contributed by atoms with van der Waals surface area (Å²) in [6, 6.07) is 0. The van der Waals surface area contributed by atoms with E-state index in [1.165, 1.54) is 0 Å². The van der Waals surface area contributed by atoms with Crippen LogP contribution in [0, 0.1) is 0 Å². The highest BCUT2D eigenvalue weighted by Crippen LogP contribution is 2.46. The van der Waals surface area contributed by atoms with Crippen molar-refractivity contribution in [3.8, 4) is 0 Å². The van der Waals surface area contributed by atoms with Crippen molar-refractivity contribution in [3.63, 3.8) is 0 Å². The molecule has 2 unspecified atom stereocenters. The van der Waals surface area contributed by atoms with Crippen LogP contribution in [-0.4, -0.2) is 41.0 Å². The average molecular weight is 350 g/mol. The molecule has 0 spiro atoms. The van der Waals surface area contributed by atoms with Gasteiger partial charge in [-0.1, -0.05) is 0 Å². The zero-order valence-corrected chi connectivity index (χ0v) is 10.6. The monoisotopic (exact) mass is 350 g/mol. The zero-order valence-electron chi connectivity index (χ0n) is 8.95. The molecule has 1 aliphatic rings. The molecule has 6 nitrogen and oxygen atoms in total. The summed E-state index contributed by atoms with van der Waals surface area (Å²) in [4.78, 5) is 0. The maximum absolute atomic E-state index is 13.5. The molecule has 1 fully saturated rings. The number of ether oxygens (including phenoxy) is 2. The lowest BCUT2D eigenvalue weighted by Gasteiger charge is -2.24. The first kappa shape index (κ1) is 18.7. The number of halogens is 6. The van der Waals surface area contributed by atoms with E-state index in [9.17, 15) is 34.3 Å². The molecule has 1 heterocycles. The topological polar surface area (TPSA) is 86.7 Å². The summed E-state index contributed by atoms with van der Waals surface area (Å²) in [6.45, 7) is -2.35. The second-order valence-corrected chi connectivity index (χ2v) is 4.60. The molecule has 0 aliphatic carbocycles. The molecule has 0 amide bonds. The van der Waals surface area contributed by atoms with Gasteiger partial charge < -0.3 is 9.47 Å². The summed E-state index contributed by atoms with van der Waals surface area (Å²) in [5.74, 6) is -12.7. The van der Waals surface area contributed by atoms with Gasteiger partial charge in [0.1, 0.15) is 0 Å². The summed E-state index contributed by atoms with van der Waals surface area (Å²) in [5.41, 5.74) is 0. The first-order chi connectivity index (χ1) is 8.94. The average Bonchev–Trinajstić information content (AvgIpc) is 2.50. The van der Waals surface area contributed by atoms with Gasteiger partial charge in [0.2, 0.25) is 0 Å². The molecule has 1 rings (SSSR count). The van der Waals surface area contributed by atoms with Crippen LogP contribution in [-0.2, 0) is 31.3 Å². The second-order valence-electron chi connectivity index (χ2n) is 3.09. The second kappa shape index (κ2) is 6.43. The first-order valence-electron chi connectivity index (χ1n) is 4.16. The molecule has 0 aromatic carbocycles. The lowest BCUT2D eigenvalue weighted by atomic mass is 10.2. The quantitative estimate of drug-likeness (QED) is 0.558. The van der Waals surface area contributed by atoms with Crippen LogP contribution in [0.25, 0.3) is 0 Å². The fourth-order valence-corrected chi connectivity index (χ4v) is 1.75. The molecule has 1 aliphatic heterocycles. The Bertz CT molecular complexity index is 526. The lowest BCUT2D eigenvalue weighted by Crippen LogP contribution is -2.50. The molecule has 118 valence electrons. The minimum absolute atomic E-state index is 0.750. The van der Waals surface area contributed by atoms with Crippen LogP contribution < -0.4 is 0 Å². The molecular weight excluding hydrogens is 346 g/mol. The van der Waals surface area contributed by atoms with Crippen molar-refractivity contribution in [3.05, 3.63) is 12.0 Å². The molecule has 0 aromatic heterocycles. The van der Waals surface area contributed by atoms with Gasteiger partial charge in [0.15, 0.2) is 12.4 Å². The minimum atomic E-state index is -5.65. The van der Waals surface area contributed by atoms with Crippen LogP contribution in [0.4, 0.5) is 25.8 Å². The van der Waals surface area contributed by atoms with Crippen molar-refractivity contribution < 1.29 is 52.1 Å². The van der Waals surface area contributed by atoms with Gasteiger partial charge in [0, 0.05) is 0 Å². The Hall–Kier alpha value is -1.31. The van der Waals surface area contributed by atoms with Crippen LogP contribution >= 0.6 is 0 Å². The number of hydrogen-bond donors (Lipinski definition) is 0.